The van der Waals surface area contributed by atoms with Crippen molar-refractivity contribution in [2.45, 2.75) is 33.1 Å². The second-order valence-electron chi connectivity index (χ2n) is 4.84. The number of nitrogens with zero attached hydrogens (tertiary/aromatic N) is 4. The average Bonchev–Trinajstić information content (AvgIpc) is 3.01. The van der Waals surface area contributed by atoms with Gasteiger partial charge in [0.05, 0.1) is 5.69 Å². The van der Waals surface area contributed by atoms with E-state index in [9.17, 15) is 4.79 Å². The minimum absolute atomic E-state index is 0.266. The molecule has 0 atom stereocenters. The monoisotopic (exact) mass is 339 g/mol. The third kappa shape index (κ3) is 4.14. The van der Waals surface area contributed by atoms with Gasteiger partial charge in [-0.2, -0.15) is 5.10 Å². The molecule has 1 amide bonds. The van der Waals surface area contributed by atoms with Crippen LogP contribution in [0.15, 0.2) is 6.08 Å². The van der Waals surface area contributed by atoms with Gasteiger partial charge < -0.3 is 0 Å². The molecule has 0 saturated heterocycles. The van der Waals surface area contributed by atoms with Crippen LogP contribution in [-0.4, -0.2) is 25.9 Å². The second kappa shape index (κ2) is 7.51. The predicted molar refractivity (Wildman–Crippen MR) is 89.1 cm³/mol. The quantitative estimate of drug-likeness (QED) is 0.820. The number of aryl methyl sites for hydroxylation is 3. The van der Waals surface area contributed by atoms with Crippen LogP contribution >= 0.6 is 22.9 Å². The topological polar surface area (TPSA) is 72.7 Å². The summed E-state index contributed by atoms with van der Waals surface area (Å²) in [6, 6.07) is 0. The highest BCUT2D eigenvalue weighted by molar-refractivity contribution is 7.15. The van der Waals surface area contributed by atoms with Crippen molar-refractivity contribution < 1.29 is 4.79 Å². The number of hydrogen-bond donors (Lipinski definition) is 1. The molecular formula is C14H18ClN5OS. The van der Waals surface area contributed by atoms with Crippen LogP contribution in [0.25, 0.3) is 6.08 Å². The molecule has 2 aromatic heterocycles. The molecule has 118 valence electrons. The molecule has 1 N–H and O–H groups in total. The summed E-state index contributed by atoms with van der Waals surface area (Å²) in [7, 11) is 1.76. The lowest BCUT2D eigenvalue weighted by atomic mass is 10.2. The van der Waals surface area contributed by atoms with E-state index in [1.807, 2.05) is 6.92 Å². The maximum absolute atomic E-state index is 11.9. The predicted octanol–water partition coefficient (Wildman–Crippen LogP) is 3.23. The minimum Gasteiger partial charge on any atom is -0.297 e. The summed E-state index contributed by atoms with van der Waals surface area (Å²) in [5.41, 5.74) is 1.51. The summed E-state index contributed by atoms with van der Waals surface area (Å²) in [5, 5.41) is 16.9. The first-order valence-electron chi connectivity index (χ1n) is 7.01. The van der Waals surface area contributed by atoms with Crippen LogP contribution in [0.2, 0.25) is 5.15 Å². The largest absolute Gasteiger partial charge is 0.297 e. The lowest BCUT2D eigenvalue weighted by Crippen LogP contribution is -2.07. The summed E-state index contributed by atoms with van der Waals surface area (Å²) in [6.07, 6.45) is 6.14. The number of amides is 1. The van der Waals surface area contributed by atoms with Crippen LogP contribution in [0.1, 0.15) is 36.0 Å². The van der Waals surface area contributed by atoms with Gasteiger partial charge in [0.15, 0.2) is 0 Å². The number of carbonyl (C=O) groups is 1. The summed E-state index contributed by atoms with van der Waals surface area (Å²) in [6.45, 7) is 3.97. The van der Waals surface area contributed by atoms with Crippen LogP contribution in [0, 0.1) is 6.92 Å². The van der Waals surface area contributed by atoms with Crippen LogP contribution in [0.3, 0.4) is 0 Å². The van der Waals surface area contributed by atoms with Gasteiger partial charge in [0.1, 0.15) is 10.2 Å². The molecule has 8 heteroatoms. The highest BCUT2D eigenvalue weighted by Gasteiger charge is 2.09. The fourth-order valence-corrected chi connectivity index (χ4v) is 2.90. The Morgan fingerprint density at radius 1 is 1.45 bits per heavy atom. The molecule has 0 unspecified atom stereocenters. The lowest BCUT2D eigenvalue weighted by Gasteiger charge is -1.95. The zero-order chi connectivity index (χ0) is 16.1. The molecule has 2 aromatic rings. The summed E-state index contributed by atoms with van der Waals surface area (Å²) in [4.78, 5) is 11.9. The summed E-state index contributed by atoms with van der Waals surface area (Å²) in [5.74, 6) is -0.266. The maximum Gasteiger partial charge on any atom is 0.250 e. The molecule has 0 saturated carbocycles. The van der Waals surface area contributed by atoms with Gasteiger partial charge in [0.2, 0.25) is 11.0 Å². The number of carbonyl (C=O) groups excluding carboxylic acids is 1. The average molecular weight is 340 g/mol. The van der Waals surface area contributed by atoms with Crippen molar-refractivity contribution in [3.8, 4) is 0 Å². The molecule has 2 heterocycles. The summed E-state index contributed by atoms with van der Waals surface area (Å²) >= 11 is 7.51. The second-order valence-corrected chi connectivity index (χ2v) is 6.26. The molecule has 0 aliphatic carbocycles. The molecule has 0 aliphatic heterocycles. The lowest BCUT2D eigenvalue weighted by molar-refractivity contribution is -0.111. The number of halogens is 1. The Kier molecular flexibility index (Phi) is 5.68. The Morgan fingerprint density at radius 3 is 2.86 bits per heavy atom. The Bertz CT molecular complexity index is 691. The maximum atomic E-state index is 11.9. The molecule has 0 aromatic carbocycles. The standard InChI is InChI=1S/C14H18ClN5OS/c1-4-5-6-12-17-18-14(22-12)16-11(21)8-7-10-9(2)19-20(3)13(10)15/h7-8H,4-6H2,1-3H3,(H,16,18,21)/b8-7+. The smallest absolute Gasteiger partial charge is 0.250 e. The van der Waals surface area contributed by atoms with E-state index in [0.29, 0.717) is 10.3 Å². The third-order valence-electron chi connectivity index (χ3n) is 3.04. The number of aromatic nitrogens is 4. The zero-order valence-electron chi connectivity index (χ0n) is 12.8. The molecule has 22 heavy (non-hydrogen) atoms. The Balaban J connectivity index is 1.97. The van der Waals surface area contributed by atoms with Gasteiger partial charge in [-0.25, -0.2) is 0 Å². The SMILES string of the molecule is CCCCc1nnc(NC(=O)/C=C/c2c(C)nn(C)c2Cl)s1. The van der Waals surface area contributed by atoms with Gasteiger partial charge in [-0.15, -0.1) is 10.2 Å². The van der Waals surface area contributed by atoms with Crippen molar-refractivity contribution in [3.05, 3.63) is 27.5 Å². The first-order valence-corrected chi connectivity index (χ1v) is 8.21. The van der Waals surface area contributed by atoms with Gasteiger partial charge >= 0.3 is 0 Å². The van der Waals surface area contributed by atoms with E-state index < -0.39 is 0 Å². The molecule has 2 rings (SSSR count). The first kappa shape index (κ1) is 16.6. The molecule has 0 aliphatic rings. The van der Waals surface area contributed by atoms with E-state index in [0.717, 1.165) is 35.5 Å². The van der Waals surface area contributed by atoms with Crippen molar-refractivity contribution >= 4 is 40.1 Å². The van der Waals surface area contributed by atoms with Crippen molar-refractivity contribution in [1.82, 2.24) is 20.0 Å². The number of unbranched alkanes of at least 4 members (excludes halogenated alkanes) is 1. The van der Waals surface area contributed by atoms with Crippen molar-refractivity contribution in [1.29, 1.82) is 0 Å². The van der Waals surface area contributed by atoms with Gasteiger partial charge in [-0.3, -0.25) is 14.8 Å². The number of rotatable bonds is 6. The molecular weight excluding hydrogens is 322 g/mol. The normalized spacial score (nSPS) is 11.3. The Labute approximate surface area is 138 Å². The molecule has 0 radical (unpaired) electrons. The highest BCUT2D eigenvalue weighted by Crippen LogP contribution is 2.20. The highest BCUT2D eigenvalue weighted by atomic mass is 35.5. The van der Waals surface area contributed by atoms with Crippen LogP contribution in [0.4, 0.5) is 5.13 Å². The van der Waals surface area contributed by atoms with E-state index >= 15 is 0 Å². The first-order chi connectivity index (χ1) is 10.5. The minimum atomic E-state index is -0.266. The van der Waals surface area contributed by atoms with E-state index in [1.54, 1.807) is 17.8 Å². The third-order valence-corrected chi connectivity index (χ3v) is 4.39. The van der Waals surface area contributed by atoms with Crippen LogP contribution < -0.4 is 5.32 Å². The molecule has 0 fully saturated rings. The number of hydrogen-bond acceptors (Lipinski definition) is 5. The van der Waals surface area contributed by atoms with E-state index in [1.165, 1.54) is 17.4 Å². The van der Waals surface area contributed by atoms with Crippen molar-refractivity contribution in [3.63, 3.8) is 0 Å². The van der Waals surface area contributed by atoms with Crippen LogP contribution in [0.5, 0.6) is 0 Å². The van der Waals surface area contributed by atoms with Gasteiger partial charge in [-0.1, -0.05) is 36.3 Å². The van der Waals surface area contributed by atoms with Gasteiger partial charge in [0, 0.05) is 25.1 Å². The Hall–Kier alpha value is -1.73. The fraction of sp³-hybridized carbons (Fsp3) is 0.429. The Morgan fingerprint density at radius 2 is 2.23 bits per heavy atom. The van der Waals surface area contributed by atoms with Gasteiger partial charge in [-0.05, 0) is 19.4 Å². The van der Waals surface area contributed by atoms with Crippen molar-refractivity contribution in [2.24, 2.45) is 7.05 Å². The molecule has 6 nitrogen and oxygen atoms in total. The van der Waals surface area contributed by atoms with E-state index in [4.69, 9.17) is 11.6 Å². The van der Waals surface area contributed by atoms with E-state index in [-0.39, 0.29) is 5.91 Å². The van der Waals surface area contributed by atoms with E-state index in [2.05, 4.69) is 27.5 Å². The molecule has 0 spiro atoms. The summed E-state index contributed by atoms with van der Waals surface area (Å²) < 4.78 is 1.57. The van der Waals surface area contributed by atoms with Gasteiger partial charge in [0.25, 0.3) is 0 Å². The fourth-order valence-electron chi connectivity index (χ4n) is 1.87. The van der Waals surface area contributed by atoms with Crippen LogP contribution in [-0.2, 0) is 18.3 Å². The zero-order valence-corrected chi connectivity index (χ0v) is 14.3. The molecule has 0 bridgehead atoms. The number of nitrogens with one attached hydrogen (secondary N) is 1. The number of anilines is 1. The van der Waals surface area contributed by atoms with Crippen molar-refractivity contribution in [2.75, 3.05) is 5.32 Å².